The maximum Gasteiger partial charge on any atom is 0.307 e. The van der Waals surface area contributed by atoms with Gasteiger partial charge >= 0.3 is 5.97 Å². The molecule has 0 amide bonds. The molecule has 2 fully saturated rings. The van der Waals surface area contributed by atoms with E-state index in [1.54, 1.807) is 6.20 Å². The third-order valence-electron chi connectivity index (χ3n) is 10.4. The number of oxazole rings is 1. The van der Waals surface area contributed by atoms with E-state index in [4.69, 9.17) is 14.4 Å². The predicted molar refractivity (Wildman–Crippen MR) is 221 cm³/mol. The first-order valence-electron chi connectivity index (χ1n) is 17.6. The Hall–Kier alpha value is -4.80. The van der Waals surface area contributed by atoms with Crippen molar-refractivity contribution in [1.29, 1.82) is 5.26 Å². The number of halogens is 3. The summed E-state index contributed by atoms with van der Waals surface area (Å²) in [5.74, 6) is -0.0155. The summed E-state index contributed by atoms with van der Waals surface area (Å²) in [6.07, 6.45) is 4.87. The number of carboxylic acid groups (broad SMARTS) is 1. The molecule has 0 radical (unpaired) electrons. The first kappa shape index (κ1) is 41.4. The van der Waals surface area contributed by atoms with Gasteiger partial charge in [-0.3, -0.25) is 19.6 Å². The van der Waals surface area contributed by atoms with Crippen LogP contribution >= 0.6 is 37.2 Å². The van der Waals surface area contributed by atoms with Gasteiger partial charge in [0, 0.05) is 61.8 Å². The van der Waals surface area contributed by atoms with E-state index in [1.165, 1.54) is 0 Å². The number of fused-ring (bicyclic) bond motifs is 2. The van der Waals surface area contributed by atoms with Gasteiger partial charge in [-0.05, 0) is 103 Å². The Balaban J connectivity index is 0.00000193. The molecule has 3 aromatic heterocycles. The fourth-order valence-corrected chi connectivity index (χ4v) is 7.66. The standard InChI is InChI=1S/C41H39N7O4.3ClH/c1-24-32(5-3-7-34(24)40-46-36-17-26(15-30(18-42)38(36)52-40)20-47-13-10-29(22-47)41(50)51)33-6-4-8-35(25(33)2)45-39-37-28(9-12-43-39)16-27(19-44-37)21-48-14-11-31(49)23-48;;;/h3-9,12,15-17,19,29,31,49H,10-11,13-14,20-23H2,1-2H3,(H,43,45)(H,50,51);3*1H/t29-,31-;;;/m1.../s1. The number of hydrogen-bond acceptors (Lipinski definition) is 10. The van der Waals surface area contributed by atoms with Crippen molar-refractivity contribution in [3.63, 3.8) is 0 Å². The number of pyridine rings is 2. The highest BCUT2D eigenvalue weighted by molar-refractivity contribution is 5.91. The topological polar surface area (TPSA) is 152 Å². The van der Waals surface area contributed by atoms with Crippen LogP contribution in [0, 0.1) is 31.1 Å². The van der Waals surface area contributed by atoms with Gasteiger partial charge in [-0.25, -0.2) is 9.97 Å². The van der Waals surface area contributed by atoms with Crippen LogP contribution in [0.4, 0.5) is 11.5 Å². The first-order valence-corrected chi connectivity index (χ1v) is 17.6. The van der Waals surface area contributed by atoms with Crippen LogP contribution in [0.2, 0.25) is 0 Å². The molecule has 2 atom stereocenters. The Labute approximate surface area is 337 Å². The Morgan fingerprint density at radius 1 is 0.909 bits per heavy atom. The van der Waals surface area contributed by atoms with Crippen LogP contribution in [0.15, 0.2) is 77.5 Å². The van der Waals surface area contributed by atoms with E-state index in [-0.39, 0.29) is 49.2 Å². The number of likely N-dealkylation sites (tertiary alicyclic amines) is 2. The number of anilines is 2. The number of carbonyl (C=O) groups is 1. The second-order valence-electron chi connectivity index (χ2n) is 14.0. The molecule has 2 aliphatic rings. The second kappa shape index (κ2) is 17.3. The zero-order valence-electron chi connectivity index (χ0n) is 30.4. The van der Waals surface area contributed by atoms with Crippen LogP contribution in [0.3, 0.4) is 0 Å². The number of aliphatic hydroxyl groups excluding tert-OH is 1. The van der Waals surface area contributed by atoms with Crippen LogP contribution in [0.1, 0.15) is 40.7 Å². The molecule has 3 N–H and O–H groups in total. The number of benzene rings is 3. The lowest BCUT2D eigenvalue weighted by molar-refractivity contribution is -0.141. The van der Waals surface area contributed by atoms with Crippen molar-refractivity contribution in [2.75, 3.05) is 31.5 Å². The first-order chi connectivity index (χ1) is 25.2. The highest BCUT2D eigenvalue weighted by atomic mass is 35.5. The molecule has 14 heteroatoms. The predicted octanol–water partition coefficient (Wildman–Crippen LogP) is 8.08. The van der Waals surface area contributed by atoms with E-state index in [0.29, 0.717) is 61.0 Å². The molecule has 0 aliphatic carbocycles. The van der Waals surface area contributed by atoms with Gasteiger partial charge in [-0.15, -0.1) is 37.2 Å². The summed E-state index contributed by atoms with van der Waals surface area (Å²) in [6, 6.07) is 22.4. The number of aliphatic hydroxyl groups is 1. The third kappa shape index (κ3) is 8.40. The monoisotopic (exact) mass is 801 g/mol. The summed E-state index contributed by atoms with van der Waals surface area (Å²) in [6.45, 7) is 8.21. The summed E-state index contributed by atoms with van der Waals surface area (Å²) in [7, 11) is 0. The minimum atomic E-state index is -0.767. The summed E-state index contributed by atoms with van der Waals surface area (Å²) >= 11 is 0. The maximum atomic E-state index is 11.5. The van der Waals surface area contributed by atoms with Crippen LogP contribution in [0.5, 0.6) is 0 Å². The lowest BCUT2D eigenvalue weighted by Gasteiger charge is -2.17. The average molecular weight is 803 g/mol. The molecule has 8 rings (SSSR count). The summed E-state index contributed by atoms with van der Waals surface area (Å²) in [4.78, 5) is 30.1. The quantitative estimate of drug-likeness (QED) is 0.130. The molecule has 0 spiro atoms. The van der Waals surface area contributed by atoms with Gasteiger partial charge in [-0.2, -0.15) is 5.26 Å². The molecule has 55 heavy (non-hydrogen) atoms. The van der Waals surface area contributed by atoms with Gasteiger partial charge in [0.25, 0.3) is 0 Å². The SMILES string of the molecule is Cc1c(Nc2nccc3cc(CN4CC[C@@H](O)C4)cnc23)cccc1-c1cccc(-c2nc3cc(CN4CC[C@@H](C(=O)O)C4)cc(C#N)c3o2)c1C.Cl.Cl.Cl. The van der Waals surface area contributed by atoms with Gasteiger partial charge in [-0.1, -0.05) is 24.3 Å². The zero-order chi connectivity index (χ0) is 35.9. The van der Waals surface area contributed by atoms with Crippen LogP contribution in [-0.2, 0) is 17.9 Å². The largest absolute Gasteiger partial charge is 0.481 e. The number of nitrogens with one attached hydrogen (secondary N) is 1. The van der Waals surface area contributed by atoms with E-state index < -0.39 is 5.97 Å². The second-order valence-corrected chi connectivity index (χ2v) is 14.0. The van der Waals surface area contributed by atoms with E-state index >= 15 is 0 Å². The van der Waals surface area contributed by atoms with Gasteiger partial charge in [0.1, 0.15) is 17.1 Å². The fraction of sp³-hybridized carbons (Fsp3) is 0.293. The number of rotatable bonds is 9. The Bertz CT molecular complexity index is 2400. The molecule has 286 valence electrons. The fourth-order valence-electron chi connectivity index (χ4n) is 7.66. The van der Waals surface area contributed by atoms with Gasteiger partial charge < -0.3 is 19.9 Å². The zero-order valence-corrected chi connectivity index (χ0v) is 32.8. The van der Waals surface area contributed by atoms with Crippen LogP contribution < -0.4 is 5.32 Å². The minimum absolute atomic E-state index is 0. The Kier molecular flexibility index (Phi) is 13.0. The number of nitrogens with zero attached hydrogens (tertiary/aromatic N) is 6. The van der Waals surface area contributed by atoms with E-state index in [9.17, 15) is 20.3 Å². The maximum absolute atomic E-state index is 11.5. The van der Waals surface area contributed by atoms with Crippen LogP contribution in [-0.4, -0.2) is 73.2 Å². The van der Waals surface area contributed by atoms with Crippen molar-refractivity contribution >= 4 is 76.7 Å². The molecule has 0 bridgehead atoms. The molecule has 2 saturated heterocycles. The molecule has 3 aromatic carbocycles. The molecule has 2 aliphatic heterocycles. The summed E-state index contributed by atoms with van der Waals surface area (Å²) < 4.78 is 6.28. The molecule has 6 aromatic rings. The highest BCUT2D eigenvalue weighted by Crippen LogP contribution is 2.38. The lowest BCUT2D eigenvalue weighted by atomic mass is 9.93. The summed E-state index contributed by atoms with van der Waals surface area (Å²) in [5.41, 5.74) is 10.1. The molecule has 5 heterocycles. The van der Waals surface area contributed by atoms with Crippen molar-refractivity contribution in [2.45, 2.75) is 45.9 Å². The molecule has 11 nitrogen and oxygen atoms in total. The van der Waals surface area contributed by atoms with E-state index in [1.807, 2.05) is 48.7 Å². The number of nitriles is 1. The average Bonchev–Trinajstić information content (AvgIpc) is 3.89. The number of carboxylic acids is 1. The molecule has 0 unspecified atom stereocenters. The van der Waals surface area contributed by atoms with Crippen molar-refractivity contribution in [3.05, 3.63) is 101 Å². The number of aromatic nitrogens is 3. The molecular weight excluding hydrogens is 761 g/mol. The smallest absolute Gasteiger partial charge is 0.307 e. The third-order valence-corrected chi connectivity index (χ3v) is 10.4. The Morgan fingerprint density at radius 3 is 2.35 bits per heavy atom. The molecule has 0 saturated carbocycles. The Morgan fingerprint density at radius 2 is 1.62 bits per heavy atom. The van der Waals surface area contributed by atoms with E-state index in [2.05, 4.69) is 58.2 Å². The molecular formula is C41H42Cl3N7O4. The van der Waals surface area contributed by atoms with Gasteiger partial charge in [0.2, 0.25) is 5.89 Å². The van der Waals surface area contributed by atoms with Gasteiger partial charge in [0.15, 0.2) is 11.4 Å². The minimum Gasteiger partial charge on any atom is -0.481 e. The number of hydrogen-bond donors (Lipinski definition) is 3. The number of aliphatic carboxylic acids is 1. The number of β-amino-alcohol motifs (C(OH)–C–C–N with tert-alkyl or cyclic N) is 1. The van der Waals surface area contributed by atoms with Crippen molar-refractivity contribution in [2.24, 2.45) is 5.92 Å². The lowest BCUT2D eigenvalue weighted by Crippen LogP contribution is -2.22. The van der Waals surface area contributed by atoms with Crippen molar-refractivity contribution < 1.29 is 19.4 Å². The van der Waals surface area contributed by atoms with Crippen LogP contribution in [0.25, 0.3) is 44.6 Å². The van der Waals surface area contributed by atoms with Crippen molar-refractivity contribution in [3.8, 4) is 28.7 Å². The van der Waals surface area contributed by atoms with Crippen molar-refractivity contribution in [1.82, 2.24) is 24.8 Å². The van der Waals surface area contributed by atoms with E-state index in [0.717, 1.165) is 75.0 Å². The highest BCUT2D eigenvalue weighted by Gasteiger charge is 2.28. The van der Waals surface area contributed by atoms with Gasteiger partial charge in [0.05, 0.1) is 17.6 Å². The normalized spacial score (nSPS) is 17.0. The summed E-state index contributed by atoms with van der Waals surface area (Å²) in [5, 5.41) is 33.9.